The highest BCUT2D eigenvalue weighted by atomic mass is 19.3. The number of hydrogen-bond acceptors (Lipinski definition) is 1. The lowest BCUT2D eigenvalue weighted by atomic mass is 9.97. The molecule has 0 atom stereocenters. The summed E-state index contributed by atoms with van der Waals surface area (Å²) in [7, 11) is 0. The molecule has 0 radical (unpaired) electrons. The van der Waals surface area contributed by atoms with Crippen LogP contribution in [0.5, 0.6) is 5.75 Å². The Morgan fingerprint density at radius 3 is 2.36 bits per heavy atom. The standard InChI is InChI=1S/C24H23F3O/c1-3-5-6-7-16-8-10-17(11-9-16)18-12-13-21-19(14-18)15-22(28-24(26)27)20(4-2)23(21)25/h3,5,8-15,24H,4,6-7H2,1-2H3/b5-3+. The van der Waals surface area contributed by atoms with Gasteiger partial charge in [0.25, 0.3) is 0 Å². The zero-order valence-electron chi connectivity index (χ0n) is 16.0. The Morgan fingerprint density at radius 2 is 1.71 bits per heavy atom. The Hall–Kier alpha value is -2.75. The van der Waals surface area contributed by atoms with E-state index in [4.69, 9.17) is 0 Å². The van der Waals surface area contributed by atoms with Crippen molar-refractivity contribution in [2.45, 2.75) is 39.7 Å². The molecule has 0 unspecified atom stereocenters. The third-order valence-electron chi connectivity index (χ3n) is 4.83. The first kappa shape index (κ1) is 20.0. The van der Waals surface area contributed by atoms with E-state index in [1.165, 1.54) is 11.6 Å². The second kappa shape index (κ2) is 8.96. The van der Waals surface area contributed by atoms with Crippen LogP contribution in [0.2, 0.25) is 0 Å². The van der Waals surface area contributed by atoms with E-state index >= 15 is 0 Å². The maximum Gasteiger partial charge on any atom is 0.387 e. The number of rotatable bonds is 7. The van der Waals surface area contributed by atoms with Gasteiger partial charge >= 0.3 is 6.61 Å². The summed E-state index contributed by atoms with van der Waals surface area (Å²) < 4.78 is 44.8. The molecule has 1 nitrogen and oxygen atoms in total. The minimum absolute atomic E-state index is 0.0982. The SMILES string of the molecule is C/C=C/CCc1ccc(-c2ccc3c(F)c(CC)c(OC(F)F)cc3c2)cc1. The van der Waals surface area contributed by atoms with Gasteiger partial charge in [0.15, 0.2) is 0 Å². The Labute approximate surface area is 163 Å². The van der Waals surface area contributed by atoms with E-state index in [1.54, 1.807) is 13.0 Å². The largest absolute Gasteiger partial charge is 0.434 e. The molecule has 0 bridgehead atoms. The van der Waals surface area contributed by atoms with Crippen molar-refractivity contribution in [2.24, 2.45) is 0 Å². The first-order valence-corrected chi connectivity index (χ1v) is 9.44. The van der Waals surface area contributed by atoms with E-state index in [1.807, 2.05) is 37.3 Å². The summed E-state index contributed by atoms with van der Waals surface area (Å²) in [5, 5.41) is 0.949. The number of benzene rings is 3. The highest BCUT2D eigenvalue weighted by Crippen LogP contribution is 2.34. The lowest BCUT2D eigenvalue weighted by Gasteiger charge is -2.14. The van der Waals surface area contributed by atoms with Crippen LogP contribution in [0.15, 0.2) is 60.7 Å². The number of allylic oxidation sites excluding steroid dienone is 2. The molecule has 0 saturated heterocycles. The van der Waals surface area contributed by atoms with E-state index < -0.39 is 12.4 Å². The molecule has 4 heteroatoms. The van der Waals surface area contributed by atoms with Crippen molar-refractivity contribution >= 4 is 10.8 Å². The summed E-state index contributed by atoms with van der Waals surface area (Å²) in [6.45, 7) is 0.738. The van der Waals surface area contributed by atoms with Crippen molar-refractivity contribution in [3.05, 3.63) is 77.6 Å². The number of fused-ring (bicyclic) bond motifs is 1. The maximum absolute atomic E-state index is 14.8. The third-order valence-corrected chi connectivity index (χ3v) is 4.83. The molecule has 3 aromatic rings. The number of ether oxygens (including phenoxy) is 1. The first-order chi connectivity index (χ1) is 13.5. The molecule has 0 aliphatic carbocycles. The summed E-state index contributed by atoms with van der Waals surface area (Å²) in [5.74, 6) is -0.597. The van der Waals surface area contributed by atoms with Gasteiger partial charge in [-0.2, -0.15) is 8.78 Å². The maximum atomic E-state index is 14.8. The lowest BCUT2D eigenvalue weighted by Crippen LogP contribution is -2.06. The summed E-state index contributed by atoms with van der Waals surface area (Å²) in [5.41, 5.74) is 3.31. The Morgan fingerprint density at radius 1 is 1.00 bits per heavy atom. The fourth-order valence-corrected chi connectivity index (χ4v) is 3.37. The number of halogens is 3. The van der Waals surface area contributed by atoms with Crippen LogP contribution >= 0.6 is 0 Å². The van der Waals surface area contributed by atoms with Gasteiger partial charge in [-0.25, -0.2) is 4.39 Å². The molecule has 0 heterocycles. The van der Waals surface area contributed by atoms with E-state index in [9.17, 15) is 13.2 Å². The van der Waals surface area contributed by atoms with Gasteiger partial charge in [-0.15, -0.1) is 0 Å². The van der Waals surface area contributed by atoms with Gasteiger partial charge in [0, 0.05) is 10.9 Å². The van der Waals surface area contributed by atoms with E-state index in [0.29, 0.717) is 10.8 Å². The predicted octanol–water partition coefficient (Wildman–Crippen LogP) is 7.32. The molecule has 0 amide bonds. The average molecular weight is 384 g/mol. The van der Waals surface area contributed by atoms with Crippen LogP contribution in [0.1, 0.15) is 31.4 Å². The van der Waals surface area contributed by atoms with Crippen LogP contribution in [0.25, 0.3) is 21.9 Å². The van der Waals surface area contributed by atoms with Crippen LogP contribution in [0.3, 0.4) is 0 Å². The van der Waals surface area contributed by atoms with Gasteiger partial charge in [0.05, 0.1) is 0 Å². The topological polar surface area (TPSA) is 9.23 Å². The van der Waals surface area contributed by atoms with E-state index in [2.05, 4.69) is 22.9 Å². The second-order valence-electron chi connectivity index (χ2n) is 6.64. The predicted molar refractivity (Wildman–Crippen MR) is 108 cm³/mol. The van der Waals surface area contributed by atoms with Crippen molar-refractivity contribution in [1.82, 2.24) is 0 Å². The van der Waals surface area contributed by atoms with Gasteiger partial charge in [0.2, 0.25) is 0 Å². The van der Waals surface area contributed by atoms with E-state index in [0.717, 1.165) is 24.0 Å². The van der Waals surface area contributed by atoms with Crippen LogP contribution in [0.4, 0.5) is 13.2 Å². The van der Waals surface area contributed by atoms with Crippen molar-refractivity contribution in [3.8, 4) is 16.9 Å². The van der Waals surface area contributed by atoms with Crippen molar-refractivity contribution in [2.75, 3.05) is 0 Å². The zero-order valence-corrected chi connectivity index (χ0v) is 16.0. The van der Waals surface area contributed by atoms with Crippen LogP contribution < -0.4 is 4.74 Å². The Kier molecular flexibility index (Phi) is 6.40. The first-order valence-electron chi connectivity index (χ1n) is 9.44. The summed E-state index contributed by atoms with van der Waals surface area (Å²) in [4.78, 5) is 0. The molecule has 0 aliphatic rings. The molecule has 0 aliphatic heterocycles. The Balaban J connectivity index is 1.97. The molecule has 3 aromatic carbocycles. The van der Waals surface area contributed by atoms with E-state index in [-0.39, 0.29) is 17.7 Å². The molecule has 3 rings (SSSR count). The average Bonchev–Trinajstić information content (AvgIpc) is 2.68. The molecule has 0 fully saturated rings. The third kappa shape index (κ3) is 4.38. The number of alkyl halides is 2. The van der Waals surface area contributed by atoms with Gasteiger partial charge in [0.1, 0.15) is 11.6 Å². The molecule has 0 aromatic heterocycles. The molecule has 0 spiro atoms. The minimum atomic E-state index is -2.99. The highest BCUT2D eigenvalue weighted by molar-refractivity contribution is 5.90. The molecule has 146 valence electrons. The van der Waals surface area contributed by atoms with Gasteiger partial charge < -0.3 is 4.74 Å². The van der Waals surface area contributed by atoms with Crippen molar-refractivity contribution in [1.29, 1.82) is 0 Å². The Bertz CT molecular complexity index is 975. The lowest BCUT2D eigenvalue weighted by molar-refractivity contribution is -0.0504. The van der Waals surface area contributed by atoms with Crippen molar-refractivity contribution in [3.63, 3.8) is 0 Å². The molecular weight excluding hydrogens is 361 g/mol. The number of aryl methyl sites for hydroxylation is 1. The fraction of sp³-hybridized carbons (Fsp3) is 0.250. The summed E-state index contributed by atoms with van der Waals surface area (Å²) >= 11 is 0. The van der Waals surface area contributed by atoms with Gasteiger partial charge in [-0.1, -0.05) is 55.5 Å². The van der Waals surface area contributed by atoms with Crippen molar-refractivity contribution < 1.29 is 17.9 Å². The normalized spacial score (nSPS) is 11.6. The zero-order chi connectivity index (χ0) is 20.1. The van der Waals surface area contributed by atoms with Gasteiger partial charge in [-0.05, 0) is 60.4 Å². The fourth-order valence-electron chi connectivity index (χ4n) is 3.37. The minimum Gasteiger partial charge on any atom is -0.434 e. The van der Waals surface area contributed by atoms with Crippen LogP contribution in [-0.2, 0) is 12.8 Å². The molecule has 0 N–H and O–H groups in total. The second-order valence-corrected chi connectivity index (χ2v) is 6.64. The molecule has 0 saturated carbocycles. The summed E-state index contributed by atoms with van der Waals surface area (Å²) in [6.07, 6.45) is 6.42. The van der Waals surface area contributed by atoms with Crippen LogP contribution in [0, 0.1) is 5.82 Å². The van der Waals surface area contributed by atoms with Gasteiger partial charge in [-0.3, -0.25) is 0 Å². The van der Waals surface area contributed by atoms with Crippen LogP contribution in [-0.4, -0.2) is 6.61 Å². The monoisotopic (exact) mass is 384 g/mol. The summed E-state index contributed by atoms with van der Waals surface area (Å²) in [6, 6.07) is 15.1. The number of hydrogen-bond donors (Lipinski definition) is 0. The smallest absolute Gasteiger partial charge is 0.387 e. The quantitative estimate of drug-likeness (QED) is 0.388. The molecule has 28 heavy (non-hydrogen) atoms. The molecular formula is C24H23F3O. The highest BCUT2D eigenvalue weighted by Gasteiger charge is 2.16.